The van der Waals surface area contributed by atoms with Crippen molar-refractivity contribution in [2.75, 3.05) is 5.32 Å². The number of nitrogens with zero attached hydrogens (tertiary/aromatic N) is 2. The van der Waals surface area contributed by atoms with Gasteiger partial charge in [0.1, 0.15) is 5.82 Å². The maximum absolute atomic E-state index is 13.4. The van der Waals surface area contributed by atoms with Crippen molar-refractivity contribution < 1.29 is 4.39 Å². The van der Waals surface area contributed by atoms with Crippen molar-refractivity contribution >= 4 is 57.2 Å². The molecule has 0 amide bonds. The van der Waals surface area contributed by atoms with E-state index < -0.39 is 5.82 Å². The van der Waals surface area contributed by atoms with E-state index in [0.29, 0.717) is 17.0 Å². The van der Waals surface area contributed by atoms with Gasteiger partial charge >= 0.3 is 0 Å². The van der Waals surface area contributed by atoms with Crippen molar-refractivity contribution in [3.8, 4) is 0 Å². The smallest absolute Gasteiger partial charge is 0.224 e. The number of benzene rings is 2. The molecule has 0 saturated heterocycles. The Morgan fingerprint density at radius 2 is 1.62 bits per heavy atom. The van der Waals surface area contributed by atoms with Crippen molar-refractivity contribution in [2.45, 2.75) is 0 Å². The fraction of sp³-hybridized carbons (Fsp3) is 0. The molecule has 0 aliphatic rings. The van der Waals surface area contributed by atoms with Crippen LogP contribution in [-0.4, -0.2) is 9.97 Å². The summed E-state index contributed by atoms with van der Waals surface area (Å²) in [5, 5.41) is 3.76. The summed E-state index contributed by atoms with van der Waals surface area (Å²) in [4.78, 5) is 8.27. The first-order valence-electron chi connectivity index (χ1n) is 5.88. The topological polar surface area (TPSA) is 37.8 Å². The number of fused-ring (bicyclic) bond motifs is 1. The third kappa shape index (κ3) is 2.88. The molecule has 3 nitrogen and oxygen atoms in total. The van der Waals surface area contributed by atoms with Crippen molar-refractivity contribution in [1.29, 1.82) is 0 Å². The van der Waals surface area contributed by atoms with Gasteiger partial charge in [0.05, 0.1) is 15.6 Å². The number of nitrogens with one attached hydrogen (secondary N) is 1. The van der Waals surface area contributed by atoms with Gasteiger partial charge in [0.25, 0.3) is 0 Å². The lowest BCUT2D eigenvalue weighted by Crippen LogP contribution is -1.98. The van der Waals surface area contributed by atoms with Crippen LogP contribution in [0.4, 0.5) is 15.9 Å². The summed E-state index contributed by atoms with van der Waals surface area (Å²) < 4.78 is 13.4. The Bertz CT molecular complexity index is 816. The normalized spacial score (nSPS) is 10.9. The van der Waals surface area contributed by atoms with Gasteiger partial charge in [-0.15, -0.1) is 0 Å². The van der Waals surface area contributed by atoms with Crippen LogP contribution in [0, 0.1) is 5.82 Å². The highest BCUT2D eigenvalue weighted by Gasteiger charge is 2.10. The molecule has 0 radical (unpaired) electrons. The average Bonchev–Trinajstić information content (AvgIpc) is 2.44. The predicted molar refractivity (Wildman–Crippen MR) is 84.3 cm³/mol. The molecule has 3 aromatic rings. The summed E-state index contributed by atoms with van der Waals surface area (Å²) in [5.74, 6) is -0.168. The van der Waals surface area contributed by atoms with Gasteiger partial charge in [-0.05, 0) is 35.9 Å². The molecule has 3 rings (SSSR count). The van der Waals surface area contributed by atoms with Crippen molar-refractivity contribution in [2.24, 2.45) is 0 Å². The first-order chi connectivity index (χ1) is 10.0. The lowest BCUT2D eigenvalue weighted by Gasteiger charge is -2.10. The molecule has 0 aliphatic carbocycles. The second-order valence-corrected chi connectivity index (χ2v) is 5.39. The lowest BCUT2D eigenvalue weighted by molar-refractivity contribution is 0.629. The third-order valence-electron chi connectivity index (χ3n) is 2.82. The Morgan fingerprint density at radius 1 is 0.952 bits per heavy atom. The van der Waals surface area contributed by atoms with Crippen LogP contribution < -0.4 is 5.32 Å². The molecule has 0 bridgehead atoms. The zero-order valence-corrected chi connectivity index (χ0v) is 12.6. The number of hydrogen-bond acceptors (Lipinski definition) is 3. The van der Waals surface area contributed by atoms with E-state index in [1.807, 2.05) is 24.3 Å². The summed E-state index contributed by atoms with van der Waals surface area (Å²) in [6.45, 7) is 0. The van der Waals surface area contributed by atoms with Crippen molar-refractivity contribution in [3.05, 3.63) is 57.5 Å². The zero-order chi connectivity index (χ0) is 15.0. The van der Waals surface area contributed by atoms with Crippen LogP contribution in [0.15, 0.2) is 36.4 Å². The standard InChI is InChI=1S/C14H7Cl3FN3/c15-9-5-7(6-10(16)12(9)18)19-13-8-3-1-2-4-11(8)20-14(17)21-13/h1-6H,(H,19,20,21). The highest BCUT2D eigenvalue weighted by atomic mass is 35.5. The molecule has 0 fully saturated rings. The molecular formula is C14H7Cl3FN3. The molecule has 0 spiro atoms. The Balaban J connectivity index is 2.10. The van der Waals surface area contributed by atoms with Crippen LogP contribution >= 0.6 is 34.8 Å². The third-order valence-corrected chi connectivity index (χ3v) is 3.54. The predicted octanol–water partition coefficient (Wildman–Crippen LogP) is 5.47. The van der Waals surface area contributed by atoms with Gasteiger partial charge < -0.3 is 5.32 Å². The molecule has 0 aliphatic heterocycles. The molecule has 0 unspecified atom stereocenters. The van der Waals surface area contributed by atoms with E-state index >= 15 is 0 Å². The number of para-hydroxylation sites is 1. The fourth-order valence-electron chi connectivity index (χ4n) is 1.91. The van der Waals surface area contributed by atoms with Gasteiger partial charge in [-0.3, -0.25) is 0 Å². The van der Waals surface area contributed by atoms with Gasteiger partial charge in [-0.25, -0.2) is 9.37 Å². The summed E-state index contributed by atoms with van der Waals surface area (Å²) in [6.07, 6.45) is 0. The maximum Gasteiger partial charge on any atom is 0.224 e. The SMILES string of the molecule is Fc1c(Cl)cc(Nc2nc(Cl)nc3ccccc23)cc1Cl. The minimum atomic E-state index is -0.658. The molecule has 0 saturated carbocycles. The van der Waals surface area contributed by atoms with E-state index in [-0.39, 0.29) is 15.3 Å². The molecule has 1 heterocycles. The van der Waals surface area contributed by atoms with Gasteiger partial charge in [-0.2, -0.15) is 4.98 Å². The average molecular weight is 343 g/mol. The fourth-order valence-corrected chi connectivity index (χ4v) is 2.57. The second kappa shape index (κ2) is 5.64. The van der Waals surface area contributed by atoms with E-state index in [1.54, 1.807) is 0 Å². The van der Waals surface area contributed by atoms with E-state index in [0.717, 1.165) is 5.39 Å². The van der Waals surface area contributed by atoms with Gasteiger partial charge in [-0.1, -0.05) is 35.3 Å². The van der Waals surface area contributed by atoms with E-state index in [2.05, 4.69) is 15.3 Å². The summed E-state index contributed by atoms with van der Waals surface area (Å²) >= 11 is 17.5. The number of halogens is 4. The van der Waals surface area contributed by atoms with Crippen molar-refractivity contribution in [1.82, 2.24) is 9.97 Å². The molecule has 1 N–H and O–H groups in total. The first kappa shape index (κ1) is 14.3. The van der Waals surface area contributed by atoms with Crippen LogP contribution in [0.25, 0.3) is 10.9 Å². The first-order valence-corrected chi connectivity index (χ1v) is 7.02. The van der Waals surface area contributed by atoms with Gasteiger partial charge in [0.2, 0.25) is 5.28 Å². The van der Waals surface area contributed by atoms with Crippen LogP contribution in [0.1, 0.15) is 0 Å². The van der Waals surface area contributed by atoms with E-state index in [9.17, 15) is 4.39 Å². The largest absolute Gasteiger partial charge is 0.339 e. The number of hydrogen-bond donors (Lipinski definition) is 1. The Labute approximate surface area is 134 Å². The summed E-state index contributed by atoms with van der Waals surface area (Å²) in [5.41, 5.74) is 1.20. The van der Waals surface area contributed by atoms with Crippen LogP contribution in [0.5, 0.6) is 0 Å². The molecule has 0 atom stereocenters. The lowest BCUT2D eigenvalue weighted by atomic mass is 10.2. The molecular weight excluding hydrogens is 336 g/mol. The summed E-state index contributed by atoms with van der Waals surface area (Å²) in [7, 11) is 0. The number of anilines is 2. The number of aromatic nitrogens is 2. The highest BCUT2D eigenvalue weighted by molar-refractivity contribution is 6.35. The molecule has 7 heteroatoms. The monoisotopic (exact) mass is 341 g/mol. The Morgan fingerprint density at radius 3 is 2.33 bits per heavy atom. The quantitative estimate of drug-likeness (QED) is 0.495. The van der Waals surface area contributed by atoms with Crippen LogP contribution in [0.3, 0.4) is 0 Å². The zero-order valence-electron chi connectivity index (χ0n) is 10.4. The van der Waals surface area contributed by atoms with Gasteiger partial charge in [0, 0.05) is 11.1 Å². The number of rotatable bonds is 2. The van der Waals surface area contributed by atoms with E-state index in [4.69, 9.17) is 34.8 Å². The van der Waals surface area contributed by atoms with Gasteiger partial charge in [0.15, 0.2) is 5.82 Å². The molecule has 2 aromatic carbocycles. The van der Waals surface area contributed by atoms with E-state index in [1.165, 1.54) is 12.1 Å². The van der Waals surface area contributed by atoms with Crippen molar-refractivity contribution in [3.63, 3.8) is 0 Å². The summed E-state index contributed by atoms with van der Waals surface area (Å²) in [6, 6.07) is 10.2. The van der Waals surface area contributed by atoms with Crippen LogP contribution in [0.2, 0.25) is 15.3 Å². The Hall–Kier alpha value is -1.62. The second-order valence-electron chi connectivity index (χ2n) is 4.24. The molecule has 106 valence electrons. The minimum Gasteiger partial charge on any atom is -0.339 e. The maximum atomic E-state index is 13.4. The van der Waals surface area contributed by atoms with Crippen LogP contribution in [-0.2, 0) is 0 Å². The Kier molecular flexibility index (Phi) is 3.85. The highest BCUT2D eigenvalue weighted by Crippen LogP contribution is 2.30. The molecule has 1 aromatic heterocycles. The minimum absolute atomic E-state index is 0.0746. The molecule has 21 heavy (non-hydrogen) atoms.